The Balaban J connectivity index is 1.84. The number of furan rings is 1. The largest absolute Gasteiger partial charge is 0.475 e. The molecule has 1 N–H and O–H groups in total. The molecular weight excluding hydrogens is 270 g/mol. The fraction of sp³-hybridized carbons (Fsp3) is 0.250. The topological polar surface area (TPSA) is 70.8 Å². The molecule has 3 rings (SSSR count). The fourth-order valence-electron chi connectivity index (χ4n) is 2.74. The Labute approximate surface area is 121 Å². The molecule has 1 aromatic carbocycles. The molecule has 1 saturated heterocycles. The number of rotatable bonds is 3. The minimum atomic E-state index is -1.17. The van der Waals surface area contributed by atoms with Crippen LogP contribution in [0.5, 0.6) is 0 Å². The summed E-state index contributed by atoms with van der Waals surface area (Å²) in [5, 5.41) is 8.86. The zero-order valence-electron chi connectivity index (χ0n) is 11.4. The number of amides is 1. The monoisotopic (exact) mass is 285 g/mol. The molecule has 1 fully saturated rings. The third-order valence-electron chi connectivity index (χ3n) is 3.73. The number of benzene rings is 1. The average molecular weight is 285 g/mol. The quantitative estimate of drug-likeness (QED) is 0.941. The van der Waals surface area contributed by atoms with E-state index in [0.29, 0.717) is 6.54 Å². The van der Waals surface area contributed by atoms with Gasteiger partial charge in [-0.25, -0.2) is 4.79 Å². The van der Waals surface area contributed by atoms with Crippen LogP contribution in [0.4, 0.5) is 0 Å². The molecular formula is C16H15NO4. The number of nitrogens with zero attached hydrogens (tertiary/aromatic N) is 1. The molecule has 2 heterocycles. The molecule has 1 aromatic heterocycles. The van der Waals surface area contributed by atoms with E-state index in [9.17, 15) is 9.59 Å². The number of hydrogen-bond donors (Lipinski definition) is 1. The normalized spacial score (nSPS) is 17.9. The maximum atomic E-state index is 12.5. The highest BCUT2D eigenvalue weighted by atomic mass is 16.4. The third kappa shape index (κ3) is 2.54. The molecule has 0 aliphatic carbocycles. The molecule has 5 heteroatoms. The Morgan fingerprint density at radius 2 is 1.81 bits per heavy atom. The number of carboxylic acid groups (broad SMARTS) is 1. The first-order valence-electron chi connectivity index (χ1n) is 6.86. The Kier molecular flexibility index (Phi) is 3.48. The molecule has 1 unspecified atom stereocenters. The molecule has 1 aliphatic rings. The molecule has 0 bridgehead atoms. The smallest absolute Gasteiger partial charge is 0.371 e. The molecule has 0 saturated carbocycles. The highest BCUT2D eigenvalue weighted by molar-refractivity contribution is 5.94. The van der Waals surface area contributed by atoms with Crippen molar-refractivity contribution in [2.24, 2.45) is 0 Å². The van der Waals surface area contributed by atoms with E-state index in [1.807, 2.05) is 30.3 Å². The lowest BCUT2D eigenvalue weighted by molar-refractivity contribution is 0.0645. The van der Waals surface area contributed by atoms with E-state index in [2.05, 4.69) is 0 Å². The van der Waals surface area contributed by atoms with Crippen LogP contribution in [0.15, 0.2) is 46.9 Å². The highest BCUT2D eigenvalue weighted by Gasteiger charge is 2.32. The summed E-state index contributed by atoms with van der Waals surface area (Å²) in [5.74, 6) is -1.56. The van der Waals surface area contributed by atoms with Crippen LogP contribution in [0.3, 0.4) is 0 Å². The number of carbonyl (C=O) groups is 2. The molecule has 1 aliphatic heterocycles. The van der Waals surface area contributed by atoms with Gasteiger partial charge in [0.2, 0.25) is 5.76 Å². The van der Waals surface area contributed by atoms with Crippen LogP contribution in [-0.2, 0) is 0 Å². The molecule has 0 spiro atoms. The minimum absolute atomic E-state index is 0.0251. The zero-order chi connectivity index (χ0) is 14.8. The molecule has 2 aromatic rings. The fourth-order valence-corrected chi connectivity index (χ4v) is 2.74. The lowest BCUT2D eigenvalue weighted by Crippen LogP contribution is -2.30. The number of carboxylic acids is 1. The van der Waals surface area contributed by atoms with Crippen LogP contribution < -0.4 is 0 Å². The van der Waals surface area contributed by atoms with Crippen molar-refractivity contribution in [3.63, 3.8) is 0 Å². The van der Waals surface area contributed by atoms with Crippen molar-refractivity contribution < 1.29 is 19.1 Å². The SMILES string of the molecule is O=C(O)c1ccc(C(=O)N2CCCC2c2ccccc2)o1. The van der Waals surface area contributed by atoms with E-state index in [1.165, 1.54) is 12.1 Å². The second-order valence-corrected chi connectivity index (χ2v) is 5.04. The van der Waals surface area contributed by atoms with Crippen molar-refractivity contribution in [2.45, 2.75) is 18.9 Å². The van der Waals surface area contributed by atoms with E-state index in [1.54, 1.807) is 4.90 Å². The van der Waals surface area contributed by atoms with Gasteiger partial charge < -0.3 is 14.4 Å². The number of likely N-dealkylation sites (tertiary alicyclic amines) is 1. The third-order valence-corrected chi connectivity index (χ3v) is 3.73. The van der Waals surface area contributed by atoms with Crippen molar-refractivity contribution in [1.82, 2.24) is 4.90 Å². The zero-order valence-corrected chi connectivity index (χ0v) is 11.4. The molecule has 108 valence electrons. The van der Waals surface area contributed by atoms with Crippen LogP contribution in [0.25, 0.3) is 0 Å². The van der Waals surface area contributed by atoms with Gasteiger partial charge in [-0.1, -0.05) is 30.3 Å². The van der Waals surface area contributed by atoms with E-state index >= 15 is 0 Å². The van der Waals surface area contributed by atoms with E-state index in [-0.39, 0.29) is 23.5 Å². The van der Waals surface area contributed by atoms with Gasteiger partial charge in [-0.2, -0.15) is 0 Å². The minimum Gasteiger partial charge on any atom is -0.475 e. The molecule has 1 atom stereocenters. The lowest BCUT2D eigenvalue weighted by atomic mass is 10.0. The van der Waals surface area contributed by atoms with Crippen LogP contribution in [0.1, 0.15) is 45.6 Å². The van der Waals surface area contributed by atoms with Crippen LogP contribution in [-0.4, -0.2) is 28.4 Å². The summed E-state index contributed by atoms with van der Waals surface area (Å²) in [6, 6.07) is 12.6. The first-order chi connectivity index (χ1) is 10.2. The van der Waals surface area contributed by atoms with Gasteiger partial charge in [0.15, 0.2) is 5.76 Å². The first-order valence-corrected chi connectivity index (χ1v) is 6.86. The number of aromatic carboxylic acids is 1. The van der Waals surface area contributed by atoms with Crippen molar-refractivity contribution in [3.8, 4) is 0 Å². The van der Waals surface area contributed by atoms with Gasteiger partial charge in [0, 0.05) is 6.54 Å². The Hall–Kier alpha value is -2.56. The predicted octanol–water partition coefficient (Wildman–Crippen LogP) is 2.96. The summed E-state index contributed by atoms with van der Waals surface area (Å²) < 4.78 is 5.11. The maximum Gasteiger partial charge on any atom is 0.371 e. The Morgan fingerprint density at radius 3 is 2.48 bits per heavy atom. The molecule has 5 nitrogen and oxygen atoms in total. The van der Waals surface area contributed by atoms with Gasteiger partial charge in [0.25, 0.3) is 5.91 Å². The van der Waals surface area contributed by atoms with Gasteiger partial charge in [0.1, 0.15) is 0 Å². The van der Waals surface area contributed by atoms with Crippen LogP contribution >= 0.6 is 0 Å². The summed E-state index contributed by atoms with van der Waals surface area (Å²) >= 11 is 0. The number of hydrogen-bond acceptors (Lipinski definition) is 3. The van der Waals surface area contributed by atoms with Gasteiger partial charge in [0.05, 0.1) is 6.04 Å². The van der Waals surface area contributed by atoms with Gasteiger partial charge >= 0.3 is 5.97 Å². The van der Waals surface area contributed by atoms with Gasteiger partial charge in [-0.15, -0.1) is 0 Å². The average Bonchev–Trinajstić information content (AvgIpc) is 3.17. The van der Waals surface area contributed by atoms with Crippen LogP contribution in [0.2, 0.25) is 0 Å². The summed E-state index contributed by atoms with van der Waals surface area (Å²) in [6.45, 7) is 0.654. The summed E-state index contributed by atoms with van der Waals surface area (Å²) in [7, 11) is 0. The molecule has 21 heavy (non-hydrogen) atoms. The van der Waals surface area contributed by atoms with Crippen molar-refractivity contribution in [3.05, 3.63) is 59.5 Å². The van der Waals surface area contributed by atoms with Gasteiger partial charge in [-0.05, 0) is 30.5 Å². The van der Waals surface area contributed by atoms with E-state index < -0.39 is 5.97 Å². The van der Waals surface area contributed by atoms with Crippen molar-refractivity contribution in [2.75, 3.05) is 6.54 Å². The molecule has 1 amide bonds. The summed E-state index contributed by atoms with van der Waals surface area (Å²) in [6.07, 6.45) is 1.83. The highest BCUT2D eigenvalue weighted by Crippen LogP contribution is 2.33. The summed E-state index contributed by atoms with van der Waals surface area (Å²) in [4.78, 5) is 25.1. The molecule has 0 radical (unpaired) electrons. The van der Waals surface area contributed by atoms with Crippen molar-refractivity contribution >= 4 is 11.9 Å². The van der Waals surface area contributed by atoms with E-state index in [0.717, 1.165) is 18.4 Å². The lowest BCUT2D eigenvalue weighted by Gasteiger charge is -2.24. The Morgan fingerprint density at radius 1 is 1.10 bits per heavy atom. The standard InChI is InChI=1S/C16H15NO4/c18-15(13-8-9-14(21-13)16(19)20)17-10-4-7-12(17)11-5-2-1-3-6-11/h1-3,5-6,8-9,12H,4,7,10H2,(H,19,20). The predicted molar refractivity (Wildman–Crippen MR) is 75.1 cm³/mol. The van der Waals surface area contributed by atoms with Gasteiger partial charge in [-0.3, -0.25) is 4.79 Å². The van der Waals surface area contributed by atoms with Crippen LogP contribution in [0, 0.1) is 0 Å². The first kappa shape index (κ1) is 13.4. The second-order valence-electron chi connectivity index (χ2n) is 5.04. The second kappa shape index (κ2) is 5.44. The Bertz CT molecular complexity index is 662. The number of carbonyl (C=O) groups excluding carboxylic acids is 1. The summed E-state index contributed by atoms with van der Waals surface area (Å²) in [5.41, 5.74) is 1.09. The maximum absolute atomic E-state index is 12.5. The van der Waals surface area contributed by atoms with Crippen molar-refractivity contribution in [1.29, 1.82) is 0 Å². The van der Waals surface area contributed by atoms with E-state index in [4.69, 9.17) is 9.52 Å².